The maximum atomic E-state index is 10.6. The van der Waals surface area contributed by atoms with Crippen molar-refractivity contribution in [2.45, 2.75) is 6.92 Å². The number of phenols is 1. The molecule has 4 heteroatoms. The van der Waals surface area contributed by atoms with E-state index < -0.39 is 0 Å². The molecule has 0 saturated heterocycles. The number of phenolic OH excluding ortho intramolecular Hbond substituents is 1. The van der Waals surface area contributed by atoms with Crippen molar-refractivity contribution >= 4 is 22.6 Å². The van der Waals surface area contributed by atoms with Gasteiger partial charge in [-0.1, -0.05) is 23.6 Å². The van der Waals surface area contributed by atoms with Crippen LogP contribution in [0, 0.1) is 11.8 Å². The van der Waals surface area contributed by atoms with Crippen LogP contribution in [-0.4, -0.2) is 16.0 Å². The molecule has 0 spiro atoms. The summed E-state index contributed by atoms with van der Waals surface area (Å²) in [6.45, 7) is 1.50. The number of carbonyl (C=O) groups is 1. The van der Waals surface area contributed by atoms with Gasteiger partial charge in [0.15, 0.2) is 5.12 Å². The van der Waals surface area contributed by atoms with Gasteiger partial charge in [0, 0.05) is 12.5 Å². The van der Waals surface area contributed by atoms with Crippen LogP contribution in [0.15, 0.2) is 18.2 Å². The van der Waals surface area contributed by atoms with Crippen LogP contribution in [-0.2, 0) is 4.79 Å². The van der Waals surface area contributed by atoms with Crippen LogP contribution in [0.25, 0.3) is 0 Å². The Hall–Kier alpha value is -1.60. The van der Waals surface area contributed by atoms with E-state index in [1.54, 1.807) is 12.1 Å². The second kappa shape index (κ2) is 5.32. The molecule has 0 bridgehead atoms. The van der Waals surface area contributed by atoms with Crippen LogP contribution in [0.2, 0.25) is 0 Å². The first-order valence-electron chi connectivity index (χ1n) is 4.30. The number of thioether (sulfide) groups is 1. The zero-order chi connectivity index (χ0) is 11.3. The Morgan fingerprint density at radius 3 is 2.93 bits per heavy atom. The van der Waals surface area contributed by atoms with Gasteiger partial charge in [0.2, 0.25) is 0 Å². The monoisotopic (exact) mass is 221 g/mol. The third-order valence-electron chi connectivity index (χ3n) is 1.61. The number of nitrogen functional groups attached to an aromatic ring is 1. The van der Waals surface area contributed by atoms with Gasteiger partial charge in [-0.05, 0) is 18.2 Å². The van der Waals surface area contributed by atoms with Crippen LogP contribution >= 0.6 is 11.8 Å². The highest BCUT2D eigenvalue weighted by molar-refractivity contribution is 8.13. The molecular formula is C11H11NO2S. The minimum absolute atomic E-state index is 0.0505. The average Bonchev–Trinajstić information content (AvgIpc) is 2.18. The fourth-order valence-corrected chi connectivity index (χ4v) is 1.26. The number of rotatable bonds is 1. The molecule has 0 aromatic heterocycles. The van der Waals surface area contributed by atoms with E-state index in [-0.39, 0.29) is 10.9 Å². The lowest BCUT2D eigenvalue weighted by atomic mass is 10.2. The van der Waals surface area contributed by atoms with E-state index in [4.69, 9.17) is 10.8 Å². The van der Waals surface area contributed by atoms with Crippen molar-refractivity contribution in [1.29, 1.82) is 0 Å². The number of benzene rings is 1. The predicted molar refractivity (Wildman–Crippen MR) is 62.5 cm³/mol. The molecule has 0 amide bonds. The van der Waals surface area contributed by atoms with Crippen LogP contribution < -0.4 is 5.73 Å². The van der Waals surface area contributed by atoms with Crippen molar-refractivity contribution in [2.24, 2.45) is 0 Å². The van der Waals surface area contributed by atoms with Crippen LogP contribution in [0.4, 0.5) is 5.69 Å². The van der Waals surface area contributed by atoms with Gasteiger partial charge in [-0.2, -0.15) is 0 Å². The molecule has 0 unspecified atom stereocenters. The highest BCUT2D eigenvalue weighted by Gasteiger charge is 1.95. The Morgan fingerprint density at radius 2 is 2.33 bits per heavy atom. The minimum Gasteiger partial charge on any atom is -0.506 e. The van der Waals surface area contributed by atoms with Gasteiger partial charge in [-0.15, -0.1) is 0 Å². The summed E-state index contributed by atoms with van der Waals surface area (Å²) in [5.74, 6) is 6.21. The maximum Gasteiger partial charge on any atom is 0.186 e. The summed E-state index contributed by atoms with van der Waals surface area (Å²) in [5.41, 5.74) is 6.53. The van der Waals surface area contributed by atoms with E-state index in [1.807, 2.05) is 0 Å². The maximum absolute atomic E-state index is 10.6. The van der Waals surface area contributed by atoms with Crippen LogP contribution in [0.3, 0.4) is 0 Å². The molecule has 1 aromatic carbocycles. The standard InChI is InChI=1S/C11H11NO2S/c1-8(13)15-6-2-3-9-4-5-11(14)10(12)7-9/h4-5,7,14H,6,12H2,1H3. The lowest BCUT2D eigenvalue weighted by molar-refractivity contribution is -0.109. The molecule has 3 N–H and O–H groups in total. The highest BCUT2D eigenvalue weighted by atomic mass is 32.2. The number of hydrogen-bond acceptors (Lipinski definition) is 4. The van der Waals surface area contributed by atoms with E-state index in [9.17, 15) is 4.79 Å². The second-order valence-electron chi connectivity index (χ2n) is 2.86. The Bertz CT molecular complexity index is 432. The number of carbonyl (C=O) groups excluding carboxylic acids is 1. The molecule has 0 fully saturated rings. The average molecular weight is 221 g/mol. The van der Waals surface area contributed by atoms with Gasteiger partial charge < -0.3 is 10.8 Å². The summed E-state index contributed by atoms with van der Waals surface area (Å²) in [7, 11) is 0. The van der Waals surface area contributed by atoms with Crippen molar-refractivity contribution in [2.75, 3.05) is 11.5 Å². The molecule has 15 heavy (non-hydrogen) atoms. The van der Waals surface area contributed by atoms with Gasteiger partial charge in [0.05, 0.1) is 11.4 Å². The first-order chi connectivity index (χ1) is 7.09. The SMILES string of the molecule is CC(=O)SCC#Cc1ccc(O)c(N)c1. The summed E-state index contributed by atoms with van der Waals surface area (Å²) in [6.07, 6.45) is 0. The van der Waals surface area contributed by atoms with E-state index in [0.717, 1.165) is 17.3 Å². The molecule has 78 valence electrons. The van der Waals surface area contributed by atoms with Gasteiger partial charge in [0.1, 0.15) is 5.75 Å². The third kappa shape index (κ3) is 3.96. The molecule has 0 saturated carbocycles. The first kappa shape index (κ1) is 11.5. The summed E-state index contributed by atoms with van der Waals surface area (Å²) in [6, 6.07) is 4.77. The molecule has 3 nitrogen and oxygen atoms in total. The van der Waals surface area contributed by atoms with Crippen LogP contribution in [0.5, 0.6) is 5.75 Å². The van der Waals surface area contributed by atoms with Crippen molar-refractivity contribution in [3.05, 3.63) is 23.8 Å². The number of hydrogen-bond donors (Lipinski definition) is 2. The lowest BCUT2D eigenvalue weighted by Gasteiger charge is -1.97. The zero-order valence-corrected chi connectivity index (χ0v) is 9.10. The van der Waals surface area contributed by atoms with Gasteiger partial charge in [-0.25, -0.2) is 0 Å². The lowest BCUT2D eigenvalue weighted by Crippen LogP contribution is -1.87. The molecule has 0 heterocycles. The van der Waals surface area contributed by atoms with E-state index in [0.29, 0.717) is 11.4 Å². The smallest absolute Gasteiger partial charge is 0.186 e. The van der Waals surface area contributed by atoms with E-state index in [2.05, 4.69) is 11.8 Å². The van der Waals surface area contributed by atoms with Gasteiger partial charge >= 0.3 is 0 Å². The summed E-state index contributed by atoms with van der Waals surface area (Å²) < 4.78 is 0. The quantitative estimate of drug-likeness (QED) is 0.429. The molecule has 0 aliphatic carbocycles. The minimum atomic E-state index is 0.0505. The molecule has 0 atom stereocenters. The number of aromatic hydroxyl groups is 1. The summed E-state index contributed by atoms with van der Waals surface area (Å²) in [5, 5.41) is 9.22. The largest absolute Gasteiger partial charge is 0.506 e. The van der Waals surface area contributed by atoms with Gasteiger partial charge in [-0.3, -0.25) is 4.79 Å². The fraction of sp³-hybridized carbons (Fsp3) is 0.182. The molecule has 1 rings (SSSR count). The molecule has 0 aliphatic rings. The van der Waals surface area contributed by atoms with Crippen molar-refractivity contribution in [3.63, 3.8) is 0 Å². The zero-order valence-electron chi connectivity index (χ0n) is 8.28. The second-order valence-corrected chi connectivity index (χ2v) is 4.01. The van der Waals surface area contributed by atoms with Gasteiger partial charge in [0.25, 0.3) is 0 Å². The number of nitrogens with two attached hydrogens (primary N) is 1. The van der Waals surface area contributed by atoms with Crippen molar-refractivity contribution < 1.29 is 9.90 Å². The topological polar surface area (TPSA) is 63.3 Å². The third-order valence-corrected chi connectivity index (χ3v) is 2.30. The van der Waals surface area contributed by atoms with E-state index in [1.165, 1.54) is 13.0 Å². The van der Waals surface area contributed by atoms with Crippen molar-refractivity contribution in [1.82, 2.24) is 0 Å². The summed E-state index contributed by atoms with van der Waals surface area (Å²) in [4.78, 5) is 10.6. The Labute approximate surface area is 92.7 Å². The molecular weight excluding hydrogens is 210 g/mol. The normalized spacial score (nSPS) is 9.13. The predicted octanol–water partition coefficient (Wildman–Crippen LogP) is 1.61. The van der Waals surface area contributed by atoms with Crippen LogP contribution in [0.1, 0.15) is 12.5 Å². The Morgan fingerprint density at radius 1 is 1.60 bits per heavy atom. The fourth-order valence-electron chi connectivity index (χ4n) is 0.908. The number of anilines is 1. The summed E-state index contributed by atoms with van der Waals surface area (Å²) >= 11 is 1.16. The molecule has 0 aliphatic heterocycles. The van der Waals surface area contributed by atoms with E-state index >= 15 is 0 Å². The Balaban J connectivity index is 2.64. The first-order valence-corrected chi connectivity index (χ1v) is 5.29. The van der Waals surface area contributed by atoms with Crippen molar-refractivity contribution in [3.8, 4) is 17.6 Å². The molecule has 1 aromatic rings. The Kier molecular flexibility index (Phi) is 4.07. The highest BCUT2D eigenvalue weighted by Crippen LogP contribution is 2.19. The molecule has 0 radical (unpaired) electrons.